The Hall–Kier alpha value is -0.710. The van der Waals surface area contributed by atoms with E-state index in [2.05, 4.69) is 19.2 Å². The molecule has 0 saturated carbocycles. The van der Waals surface area contributed by atoms with Gasteiger partial charge in [-0.25, -0.2) is 0 Å². The highest BCUT2D eigenvalue weighted by molar-refractivity contribution is 8.00. The number of nitrogens with one attached hydrogen (secondary N) is 1. The van der Waals surface area contributed by atoms with Gasteiger partial charge in [-0.2, -0.15) is 11.8 Å². The van der Waals surface area contributed by atoms with E-state index >= 15 is 0 Å². The number of carbonyl (C=O) groups excluding carboxylic acids is 2. The molecule has 2 aliphatic heterocycles. The van der Waals surface area contributed by atoms with Crippen LogP contribution >= 0.6 is 11.8 Å². The minimum absolute atomic E-state index is 0.00748. The third kappa shape index (κ3) is 2.51. The Kier molecular flexibility index (Phi) is 3.63. The zero-order chi connectivity index (χ0) is 13.4. The number of piperidine rings is 1. The van der Waals surface area contributed by atoms with Crippen LogP contribution < -0.4 is 5.32 Å². The fraction of sp³-hybridized carbons (Fsp3) is 0.846. The summed E-state index contributed by atoms with van der Waals surface area (Å²) in [5, 5.41) is 2.82. The quantitative estimate of drug-likeness (QED) is 0.730. The summed E-state index contributed by atoms with van der Waals surface area (Å²) in [6.07, 6.45) is 1.56. The largest absolute Gasteiger partial charge is 0.355 e. The molecule has 0 unspecified atom stereocenters. The minimum atomic E-state index is -0.851. The van der Waals surface area contributed by atoms with Crippen molar-refractivity contribution in [3.05, 3.63) is 0 Å². The van der Waals surface area contributed by atoms with Crippen molar-refractivity contribution in [3.8, 4) is 0 Å². The van der Waals surface area contributed by atoms with Crippen LogP contribution in [0.3, 0.4) is 0 Å². The van der Waals surface area contributed by atoms with Gasteiger partial charge in [-0.3, -0.25) is 9.59 Å². The topological polar surface area (TPSA) is 49.4 Å². The number of hydrogen-bond acceptors (Lipinski definition) is 3. The molecule has 5 heteroatoms. The molecular formula is C13H22N2O2S. The SMILES string of the molecule is CC1(C)CN(C(=O)[C@]2(C)CCCNC2=O)CCS1. The zero-order valence-corrected chi connectivity index (χ0v) is 12.2. The van der Waals surface area contributed by atoms with Crippen molar-refractivity contribution in [3.63, 3.8) is 0 Å². The van der Waals surface area contributed by atoms with E-state index in [1.54, 1.807) is 6.92 Å². The first kappa shape index (κ1) is 13.7. The minimum Gasteiger partial charge on any atom is -0.355 e. The Morgan fingerprint density at radius 3 is 2.72 bits per heavy atom. The molecule has 102 valence electrons. The number of hydrogen-bond donors (Lipinski definition) is 1. The third-order valence-corrected chi connectivity index (χ3v) is 5.12. The van der Waals surface area contributed by atoms with Crippen LogP contribution in [-0.2, 0) is 9.59 Å². The number of carbonyl (C=O) groups is 2. The Morgan fingerprint density at radius 2 is 2.11 bits per heavy atom. The highest BCUT2D eigenvalue weighted by atomic mass is 32.2. The van der Waals surface area contributed by atoms with Crippen LogP contribution in [0.5, 0.6) is 0 Å². The molecule has 4 nitrogen and oxygen atoms in total. The van der Waals surface area contributed by atoms with E-state index < -0.39 is 5.41 Å². The lowest BCUT2D eigenvalue weighted by Gasteiger charge is -2.42. The highest BCUT2D eigenvalue weighted by Gasteiger charge is 2.46. The highest BCUT2D eigenvalue weighted by Crippen LogP contribution is 2.34. The van der Waals surface area contributed by atoms with Gasteiger partial charge in [-0.05, 0) is 33.6 Å². The van der Waals surface area contributed by atoms with E-state index in [1.807, 2.05) is 16.7 Å². The van der Waals surface area contributed by atoms with E-state index in [4.69, 9.17) is 0 Å². The summed E-state index contributed by atoms with van der Waals surface area (Å²) in [6.45, 7) is 8.29. The fourth-order valence-corrected chi connectivity index (χ4v) is 3.81. The molecule has 0 spiro atoms. The second-order valence-corrected chi connectivity index (χ2v) is 7.83. The first-order chi connectivity index (χ1) is 8.35. The molecule has 1 atom stereocenters. The second-order valence-electron chi connectivity index (χ2n) is 6.03. The van der Waals surface area contributed by atoms with Crippen molar-refractivity contribution in [1.29, 1.82) is 0 Å². The molecule has 0 bridgehead atoms. The molecule has 2 aliphatic rings. The van der Waals surface area contributed by atoms with Crippen molar-refractivity contribution in [1.82, 2.24) is 10.2 Å². The van der Waals surface area contributed by atoms with Crippen molar-refractivity contribution < 1.29 is 9.59 Å². The molecule has 0 aromatic rings. The summed E-state index contributed by atoms with van der Waals surface area (Å²) in [6, 6.07) is 0. The van der Waals surface area contributed by atoms with Gasteiger partial charge in [0.15, 0.2) is 0 Å². The molecule has 2 saturated heterocycles. The molecule has 2 rings (SSSR count). The van der Waals surface area contributed by atoms with Gasteiger partial charge in [0, 0.05) is 30.1 Å². The summed E-state index contributed by atoms with van der Waals surface area (Å²) >= 11 is 1.89. The smallest absolute Gasteiger partial charge is 0.238 e. The van der Waals surface area contributed by atoms with Gasteiger partial charge >= 0.3 is 0 Å². The molecule has 1 N–H and O–H groups in total. The van der Waals surface area contributed by atoms with E-state index in [-0.39, 0.29) is 16.6 Å². The maximum atomic E-state index is 12.6. The molecule has 0 aliphatic carbocycles. The lowest BCUT2D eigenvalue weighted by Crippen LogP contribution is -2.57. The zero-order valence-electron chi connectivity index (χ0n) is 11.4. The molecule has 2 heterocycles. The molecule has 0 radical (unpaired) electrons. The van der Waals surface area contributed by atoms with E-state index in [0.29, 0.717) is 13.0 Å². The van der Waals surface area contributed by atoms with Crippen molar-refractivity contribution in [2.75, 3.05) is 25.4 Å². The monoisotopic (exact) mass is 270 g/mol. The number of rotatable bonds is 1. The third-order valence-electron chi connectivity index (χ3n) is 3.83. The summed E-state index contributed by atoms with van der Waals surface area (Å²) < 4.78 is 0.0927. The van der Waals surface area contributed by atoms with E-state index in [9.17, 15) is 9.59 Å². The van der Waals surface area contributed by atoms with E-state index in [1.165, 1.54) is 0 Å². The molecule has 2 fully saturated rings. The summed E-state index contributed by atoms with van der Waals surface area (Å²) in [5.74, 6) is 0.860. The number of nitrogens with zero attached hydrogens (tertiary/aromatic N) is 1. The Balaban J connectivity index is 2.12. The van der Waals surface area contributed by atoms with Crippen LogP contribution in [-0.4, -0.2) is 46.8 Å². The first-order valence-electron chi connectivity index (χ1n) is 6.57. The molecular weight excluding hydrogens is 248 g/mol. The molecule has 18 heavy (non-hydrogen) atoms. The van der Waals surface area contributed by atoms with Crippen LogP contribution in [0.2, 0.25) is 0 Å². The van der Waals surface area contributed by atoms with Gasteiger partial charge in [-0.1, -0.05) is 0 Å². The Bertz CT molecular complexity index is 370. The summed E-state index contributed by atoms with van der Waals surface area (Å²) in [7, 11) is 0. The van der Waals surface area contributed by atoms with Crippen molar-refractivity contribution in [2.45, 2.75) is 38.4 Å². The van der Waals surface area contributed by atoms with Crippen LogP contribution in [0, 0.1) is 5.41 Å². The van der Waals surface area contributed by atoms with Gasteiger partial charge in [0.05, 0.1) is 0 Å². The molecule has 2 amide bonds. The average Bonchev–Trinajstić information content (AvgIpc) is 2.31. The van der Waals surface area contributed by atoms with Crippen LogP contribution in [0.15, 0.2) is 0 Å². The Morgan fingerprint density at radius 1 is 1.39 bits per heavy atom. The van der Waals surface area contributed by atoms with Crippen LogP contribution in [0.25, 0.3) is 0 Å². The Labute approximate surface area is 113 Å². The number of amides is 2. The summed E-state index contributed by atoms with van der Waals surface area (Å²) in [5.41, 5.74) is -0.851. The standard InChI is InChI=1S/C13H22N2O2S/c1-12(2)9-15(7-8-18-12)11(17)13(3)5-4-6-14-10(13)16/h4-9H2,1-3H3,(H,14,16)/t13-/m1/s1. The first-order valence-corrected chi connectivity index (χ1v) is 7.55. The van der Waals surface area contributed by atoms with Gasteiger partial charge in [0.2, 0.25) is 11.8 Å². The van der Waals surface area contributed by atoms with Gasteiger partial charge in [0.1, 0.15) is 5.41 Å². The van der Waals surface area contributed by atoms with E-state index in [0.717, 1.165) is 25.3 Å². The van der Waals surface area contributed by atoms with Crippen molar-refractivity contribution >= 4 is 23.6 Å². The number of thioether (sulfide) groups is 1. The van der Waals surface area contributed by atoms with Gasteiger partial charge in [-0.15, -0.1) is 0 Å². The van der Waals surface area contributed by atoms with Crippen LogP contribution in [0.4, 0.5) is 0 Å². The van der Waals surface area contributed by atoms with Crippen molar-refractivity contribution in [2.24, 2.45) is 5.41 Å². The maximum Gasteiger partial charge on any atom is 0.238 e. The predicted molar refractivity (Wildman–Crippen MR) is 73.5 cm³/mol. The summed E-state index contributed by atoms with van der Waals surface area (Å²) in [4.78, 5) is 26.5. The molecule has 0 aromatic carbocycles. The average molecular weight is 270 g/mol. The second kappa shape index (κ2) is 4.76. The maximum absolute atomic E-state index is 12.6. The predicted octanol–water partition coefficient (Wildman–Crippen LogP) is 1.26. The van der Waals surface area contributed by atoms with Gasteiger partial charge < -0.3 is 10.2 Å². The van der Waals surface area contributed by atoms with Gasteiger partial charge in [0.25, 0.3) is 0 Å². The lowest BCUT2D eigenvalue weighted by atomic mass is 9.80. The normalized spacial score (nSPS) is 31.9. The lowest BCUT2D eigenvalue weighted by molar-refractivity contribution is -0.152. The molecule has 0 aromatic heterocycles. The van der Waals surface area contributed by atoms with Crippen LogP contribution in [0.1, 0.15) is 33.6 Å². The fourth-order valence-electron chi connectivity index (χ4n) is 2.70.